The molecule has 1 aliphatic rings. The minimum atomic E-state index is -0.506. The van der Waals surface area contributed by atoms with Crippen LogP contribution in [0.4, 0.5) is 5.82 Å². The van der Waals surface area contributed by atoms with Gasteiger partial charge < -0.3 is 5.32 Å². The Morgan fingerprint density at radius 2 is 1.69 bits per heavy atom. The van der Waals surface area contributed by atoms with Gasteiger partial charge in [-0.15, -0.1) is 0 Å². The first kappa shape index (κ1) is 17.9. The van der Waals surface area contributed by atoms with E-state index >= 15 is 0 Å². The molecule has 2 heterocycles. The van der Waals surface area contributed by atoms with E-state index < -0.39 is 11.6 Å². The van der Waals surface area contributed by atoms with Crippen molar-refractivity contribution in [3.05, 3.63) is 72.6 Å². The number of fused-ring (bicyclic) bond motifs is 1. The molecule has 0 radical (unpaired) electrons. The molecule has 0 spiro atoms. The Balaban J connectivity index is 2.44. The third-order valence-electron chi connectivity index (χ3n) is 5.23. The Labute approximate surface area is 151 Å². The molecule has 0 fully saturated rings. The van der Waals surface area contributed by atoms with Gasteiger partial charge in [-0.25, -0.2) is 4.79 Å². The molecule has 1 unspecified atom stereocenters. The molecular weight excluding hydrogens is 330 g/mol. The number of hydrogen-bond donors (Lipinski definition) is 1. The number of nitrogens with one attached hydrogen (secondary N) is 1. The molecule has 26 heavy (non-hydrogen) atoms. The number of ketones is 1. The van der Waals surface area contributed by atoms with Crippen LogP contribution in [0.5, 0.6) is 0 Å². The molecule has 3 rings (SSSR count). The minimum Gasteiger partial charge on any atom is -0.344 e. The predicted octanol–water partition coefficient (Wildman–Crippen LogP) is 2.12. The fourth-order valence-corrected chi connectivity index (χ4v) is 3.63. The van der Waals surface area contributed by atoms with Crippen LogP contribution in [0.1, 0.15) is 42.0 Å². The first-order valence-electron chi connectivity index (χ1n) is 8.51. The Bertz CT molecular complexity index is 1090. The average molecular weight is 353 g/mol. The predicted molar refractivity (Wildman–Crippen MR) is 102 cm³/mol. The van der Waals surface area contributed by atoms with Gasteiger partial charge in [0, 0.05) is 31.3 Å². The van der Waals surface area contributed by atoms with Gasteiger partial charge in [0.1, 0.15) is 5.82 Å². The van der Waals surface area contributed by atoms with Crippen molar-refractivity contribution < 1.29 is 4.79 Å². The number of anilines is 1. The number of rotatable bonds is 2. The zero-order valence-electron chi connectivity index (χ0n) is 15.9. The summed E-state index contributed by atoms with van der Waals surface area (Å²) in [5, 5.41) is 3.10. The van der Waals surface area contributed by atoms with Crippen LogP contribution >= 0.6 is 0 Å². The lowest BCUT2D eigenvalue weighted by Gasteiger charge is -2.31. The van der Waals surface area contributed by atoms with Crippen LogP contribution in [0, 0.1) is 13.8 Å². The van der Waals surface area contributed by atoms with Crippen molar-refractivity contribution in [3.8, 4) is 0 Å². The van der Waals surface area contributed by atoms with Crippen molar-refractivity contribution in [3.63, 3.8) is 0 Å². The lowest BCUT2D eigenvalue weighted by Crippen LogP contribution is -2.43. The summed E-state index contributed by atoms with van der Waals surface area (Å²) in [4.78, 5) is 37.7. The highest BCUT2D eigenvalue weighted by Gasteiger charge is 2.35. The van der Waals surface area contributed by atoms with E-state index in [0.717, 1.165) is 21.3 Å². The molecule has 2 aromatic rings. The average Bonchev–Trinajstić information content (AvgIpc) is 2.59. The van der Waals surface area contributed by atoms with Gasteiger partial charge in [-0.2, -0.15) is 0 Å². The van der Waals surface area contributed by atoms with Gasteiger partial charge in [0.2, 0.25) is 0 Å². The maximum absolute atomic E-state index is 13.0. The number of benzene rings is 1. The van der Waals surface area contributed by atoms with Crippen molar-refractivity contribution >= 4 is 11.6 Å². The van der Waals surface area contributed by atoms with Gasteiger partial charge in [-0.3, -0.25) is 18.7 Å². The van der Waals surface area contributed by atoms with E-state index in [-0.39, 0.29) is 11.3 Å². The van der Waals surface area contributed by atoms with Crippen LogP contribution in [0.2, 0.25) is 0 Å². The third-order valence-corrected chi connectivity index (χ3v) is 5.23. The van der Waals surface area contributed by atoms with E-state index in [9.17, 15) is 14.4 Å². The van der Waals surface area contributed by atoms with Crippen LogP contribution in [0.3, 0.4) is 0 Å². The number of carbonyl (C=O) groups excluding carboxylic acids is 1. The Morgan fingerprint density at radius 1 is 1.04 bits per heavy atom. The molecule has 1 atom stereocenters. The van der Waals surface area contributed by atoms with Crippen LogP contribution in [0.15, 0.2) is 39.1 Å². The molecule has 0 bridgehead atoms. The van der Waals surface area contributed by atoms with Crippen molar-refractivity contribution in [1.29, 1.82) is 0 Å². The second-order valence-corrected chi connectivity index (χ2v) is 6.96. The highest BCUT2D eigenvalue weighted by molar-refractivity contribution is 5.98. The van der Waals surface area contributed by atoms with E-state index in [2.05, 4.69) is 5.32 Å². The Morgan fingerprint density at radius 3 is 2.27 bits per heavy atom. The first-order valence-corrected chi connectivity index (χ1v) is 8.51. The molecule has 0 saturated carbocycles. The van der Waals surface area contributed by atoms with Gasteiger partial charge in [-0.1, -0.05) is 18.2 Å². The summed E-state index contributed by atoms with van der Waals surface area (Å²) >= 11 is 0. The standard InChI is InChI=1S/C20H23N3O3/c1-10-7-8-14(9-11(10)2)16-15(13(4)24)12(3)21-18-17(16)19(25)23(6)20(26)22(18)5/h7-9,16,21H,1-6H3. The third kappa shape index (κ3) is 2.53. The molecule has 6 heteroatoms. The second-order valence-electron chi connectivity index (χ2n) is 6.96. The summed E-state index contributed by atoms with van der Waals surface area (Å²) in [5.41, 5.74) is 3.95. The summed E-state index contributed by atoms with van der Waals surface area (Å²) < 4.78 is 2.51. The number of nitrogens with zero attached hydrogens (tertiary/aromatic N) is 2. The number of allylic oxidation sites excluding steroid dienone is 2. The van der Waals surface area contributed by atoms with Gasteiger partial charge in [0.25, 0.3) is 5.56 Å². The van der Waals surface area contributed by atoms with Crippen LogP contribution in [-0.4, -0.2) is 14.9 Å². The van der Waals surface area contributed by atoms with Gasteiger partial charge in [0.05, 0.1) is 5.56 Å². The zero-order valence-corrected chi connectivity index (χ0v) is 15.9. The largest absolute Gasteiger partial charge is 0.344 e. The molecule has 0 amide bonds. The maximum atomic E-state index is 13.0. The molecule has 0 saturated heterocycles. The number of hydrogen-bond acceptors (Lipinski definition) is 4. The molecule has 1 aromatic heterocycles. The summed E-state index contributed by atoms with van der Waals surface area (Å²) in [6, 6.07) is 5.95. The highest BCUT2D eigenvalue weighted by Crippen LogP contribution is 2.40. The number of carbonyl (C=O) groups is 1. The fourth-order valence-electron chi connectivity index (χ4n) is 3.63. The summed E-state index contributed by atoms with van der Waals surface area (Å²) in [6.07, 6.45) is 0. The topological polar surface area (TPSA) is 73.1 Å². The van der Waals surface area contributed by atoms with Crippen molar-refractivity contribution in [2.24, 2.45) is 14.1 Å². The van der Waals surface area contributed by atoms with Gasteiger partial charge >= 0.3 is 5.69 Å². The van der Waals surface area contributed by atoms with E-state index in [1.165, 1.54) is 18.5 Å². The van der Waals surface area contributed by atoms with E-state index in [4.69, 9.17) is 0 Å². The van der Waals surface area contributed by atoms with Crippen molar-refractivity contribution in [2.75, 3.05) is 5.32 Å². The van der Waals surface area contributed by atoms with E-state index in [0.29, 0.717) is 22.7 Å². The van der Waals surface area contributed by atoms with Crippen molar-refractivity contribution in [2.45, 2.75) is 33.6 Å². The molecule has 1 aromatic carbocycles. The van der Waals surface area contributed by atoms with Gasteiger partial charge in [0.15, 0.2) is 5.78 Å². The minimum absolute atomic E-state index is 0.0974. The van der Waals surface area contributed by atoms with Crippen LogP contribution < -0.4 is 16.6 Å². The highest BCUT2D eigenvalue weighted by atomic mass is 16.2. The zero-order chi connectivity index (χ0) is 19.3. The fraction of sp³-hybridized carbons (Fsp3) is 0.350. The van der Waals surface area contributed by atoms with Crippen LogP contribution in [-0.2, 0) is 18.9 Å². The first-order chi connectivity index (χ1) is 12.1. The maximum Gasteiger partial charge on any atom is 0.332 e. The number of Topliss-reactive ketones (excluding diaryl/α,β-unsaturated/α-hetero) is 1. The molecule has 136 valence electrons. The molecule has 1 N–H and O–H groups in total. The molecule has 1 aliphatic heterocycles. The normalized spacial score (nSPS) is 16.3. The lowest BCUT2D eigenvalue weighted by atomic mass is 9.80. The summed E-state index contributed by atoms with van der Waals surface area (Å²) in [5.74, 6) is -0.155. The number of aromatic nitrogens is 2. The smallest absolute Gasteiger partial charge is 0.332 e. The Hall–Kier alpha value is -2.89. The second kappa shape index (κ2) is 6.12. The SMILES string of the molecule is CC(=O)C1=C(C)Nc2c(c(=O)n(C)c(=O)n2C)C1c1ccc(C)c(C)c1. The lowest BCUT2D eigenvalue weighted by molar-refractivity contribution is -0.113. The summed E-state index contributed by atoms with van der Waals surface area (Å²) in [7, 11) is 3.08. The molecule has 0 aliphatic carbocycles. The van der Waals surface area contributed by atoms with Crippen molar-refractivity contribution in [1.82, 2.24) is 9.13 Å². The Kier molecular flexibility index (Phi) is 4.22. The number of aryl methyl sites for hydroxylation is 2. The molecular formula is C20H23N3O3. The van der Waals surface area contributed by atoms with E-state index in [1.807, 2.05) is 32.0 Å². The van der Waals surface area contributed by atoms with E-state index in [1.54, 1.807) is 14.0 Å². The van der Waals surface area contributed by atoms with Gasteiger partial charge in [-0.05, 0) is 44.4 Å². The monoisotopic (exact) mass is 353 g/mol. The quantitative estimate of drug-likeness (QED) is 0.898. The van der Waals surface area contributed by atoms with Crippen LogP contribution in [0.25, 0.3) is 0 Å². The summed E-state index contributed by atoms with van der Waals surface area (Å²) in [6.45, 7) is 7.33. The molecule has 6 nitrogen and oxygen atoms in total.